The molecule has 0 aliphatic heterocycles. The van der Waals surface area contributed by atoms with Crippen LogP contribution in [0.2, 0.25) is 0 Å². The predicted octanol–water partition coefficient (Wildman–Crippen LogP) is 1.18. The number of sulfonamides is 1. The smallest absolute Gasteiger partial charge is 0.265 e. The molecule has 0 amide bonds. The van der Waals surface area contributed by atoms with Gasteiger partial charge in [0, 0.05) is 18.8 Å². The van der Waals surface area contributed by atoms with Crippen LogP contribution in [-0.4, -0.2) is 31.8 Å². The third-order valence-corrected chi connectivity index (χ3v) is 4.01. The van der Waals surface area contributed by atoms with Crippen molar-refractivity contribution in [2.45, 2.75) is 11.4 Å². The van der Waals surface area contributed by atoms with E-state index in [1.54, 1.807) is 7.05 Å². The minimum Gasteiger partial charge on any atom is -0.318 e. The summed E-state index contributed by atoms with van der Waals surface area (Å²) in [5.74, 6) is -1.77. The molecule has 0 aliphatic rings. The number of likely N-dealkylation sites (N-methyl/N-ethyl adjacent to an activating group) is 1. The van der Waals surface area contributed by atoms with Gasteiger partial charge >= 0.3 is 0 Å². The minimum absolute atomic E-state index is 0.0951. The van der Waals surface area contributed by atoms with E-state index < -0.39 is 21.7 Å². The van der Waals surface area contributed by atoms with Gasteiger partial charge in [0.05, 0.1) is 18.4 Å². The van der Waals surface area contributed by atoms with Gasteiger partial charge in [-0.15, -0.1) is 0 Å². The van der Waals surface area contributed by atoms with Gasteiger partial charge in [-0.25, -0.2) is 17.2 Å². The highest BCUT2D eigenvalue weighted by molar-refractivity contribution is 7.92. The average Bonchev–Trinajstić information content (AvgIpc) is 2.89. The number of nitrogens with one attached hydrogen (secondary N) is 2. The second kappa shape index (κ2) is 6.19. The normalized spacial score (nSPS) is 11.6. The maximum absolute atomic E-state index is 13.5. The molecule has 0 saturated carbocycles. The van der Waals surface area contributed by atoms with Crippen LogP contribution in [0.25, 0.3) is 0 Å². The Labute approximate surface area is 120 Å². The van der Waals surface area contributed by atoms with Gasteiger partial charge < -0.3 is 5.32 Å². The Morgan fingerprint density at radius 3 is 2.76 bits per heavy atom. The first-order chi connectivity index (χ1) is 9.92. The van der Waals surface area contributed by atoms with Gasteiger partial charge in [-0.05, 0) is 19.2 Å². The summed E-state index contributed by atoms with van der Waals surface area (Å²) in [6, 6.07) is 2.60. The summed E-state index contributed by atoms with van der Waals surface area (Å²) in [4.78, 5) is -0.0951. The molecular formula is C12H14F2N4O2S. The maximum Gasteiger partial charge on any atom is 0.265 e. The van der Waals surface area contributed by atoms with E-state index in [2.05, 4.69) is 15.1 Å². The fourth-order valence-electron chi connectivity index (χ4n) is 1.61. The van der Waals surface area contributed by atoms with Crippen molar-refractivity contribution in [3.8, 4) is 0 Å². The number of halogens is 2. The van der Waals surface area contributed by atoms with Gasteiger partial charge in [-0.3, -0.25) is 9.40 Å². The molecule has 2 aromatic rings. The largest absolute Gasteiger partial charge is 0.318 e. The molecule has 114 valence electrons. The molecule has 1 aromatic carbocycles. The zero-order chi connectivity index (χ0) is 15.5. The number of aromatic nitrogens is 2. The zero-order valence-electron chi connectivity index (χ0n) is 11.2. The molecule has 0 fully saturated rings. The molecule has 9 heteroatoms. The van der Waals surface area contributed by atoms with Gasteiger partial charge in [0.2, 0.25) is 0 Å². The van der Waals surface area contributed by atoms with E-state index in [0.29, 0.717) is 19.2 Å². The van der Waals surface area contributed by atoms with Crippen molar-refractivity contribution in [3.63, 3.8) is 0 Å². The van der Waals surface area contributed by atoms with E-state index in [9.17, 15) is 17.2 Å². The van der Waals surface area contributed by atoms with Crippen LogP contribution < -0.4 is 10.0 Å². The van der Waals surface area contributed by atoms with E-state index in [4.69, 9.17) is 0 Å². The van der Waals surface area contributed by atoms with Crippen molar-refractivity contribution in [3.05, 3.63) is 42.2 Å². The Bertz CT molecular complexity index is 731. The van der Waals surface area contributed by atoms with E-state index in [1.165, 1.54) is 17.1 Å². The van der Waals surface area contributed by atoms with Crippen molar-refractivity contribution in [2.75, 3.05) is 18.3 Å². The minimum atomic E-state index is -3.97. The van der Waals surface area contributed by atoms with E-state index >= 15 is 0 Å². The van der Waals surface area contributed by atoms with Gasteiger partial charge in [-0.1, -0.05) is 0 Å². The summed E-state index contributed by atoms with van der Waals surface area (Å²) in [7, 11) is -2.21. The molecule has 0 atom stereocenters. The molecule has 21 heavy (non-hydrogen) atoms. The van der Waals surface area contributed by atoms with E-state index in [-0.39, 0.29) is 10.6 Å². The van der Waals surface area contributed by atoms with Crippen LogP contribution in [-0.2, 0) is 16.6 Å². The monoisotopic (exact) mass is 316 g/mol. The van der Waals surface area contributed by atoms with Crippen LogP contribution in [0.4, 0.5) is 14.5 Å². The Morgan fingerprint density at radius 1 is 1.33 bits per heavy atom. The van der Waals surface area contributed by atoms with Gasteiger partial charge in [0.15, 0.2) is 0 Å². The quantitative estimate of drug-likeness (QED) is 0.839. The molecule has 2 rings (SSSR count). The molecule has 6 nitrogen and oxygen atoms in total. The number of hydrogen-bond acceptors (Lipinski definition) is 4. The van der Waals surface area contributed by atoms with Crippen molar-refractivity contribution in [1.82, 2.24) is 15.1 Å². The van der Waals surface area contributed by atoms with Gasteiger partial charge in [-0.2, -0.15) is 5.10 Å². The summed E-state index contributed by atoms with van der Waals surface area (Å²) < 4.78 is 53.9. The summed E-state index contributed by atoms with van der Waals surface area (Å²) in [6.07, 6.45) is 2.50. The SMILES string of the molecule is CNCCn1cc(S(=O)(=O)Nc2ccc(F)cc2F)cn1. The molecule has 1 heterocycles. The van der Waals surface area contributed by atoms with Crippen molar-refractivity contribution < 1.29 is 17.2 Å². The zero-order valence-corrected chi connectivity index (χ0v) is 12.0. The summed E-state index contributed by atoms with van der Waals surface area (Å²) in [6.45, 7) is 1.12. The predicted molar refractivity (Wildman–Crippen MR) is 73.3 cm³/mol. The van der Waals surface area contributed by atoms with Gasteiger partial charge in [0.1, 0.15) is 16.5 Å². The van der Waals surface area contributed by atoms with Crippen LogP contribution in [0.1, 0.15) is 0 Å². The van der Waals surface area contributed by atoms with Gasteiger partial charge in [0.25, 0.3) is 10.0 Å². The first-order valence-corrected chi connectivity index (χ1v) is 7.55. The molecule has 0 bridgehead atoms. The second-order valence-electron chi connectivity index (χ2n) is 4.27. The topological polar surface area (TPSA) is 76.0 Å². The lowest BCUT2D eigenvalue weighted by Crippen LogP contribution is -2.15. The van der Waals surface area contributed by atoms with Crippen molar-refractivity contribution in [1.29, 1.82) is 0 Å². The van der Waals surface area contributed by atoms with E-state index in [0.717, 1.165) is 12.1 Å². The number of nitrogens with zero attached hydrogens (tertiary/aromatic N) is 2. The molecule has 2 N–H and O–H groups in total. The average molecular weight is 316 g/mol. The molecule has 0 unspecified atom stereocenters. The first kappa shape index (κ1) is 15.4. The van der Waals surface area contributed by atoms with E-state index in [1.807, 2.05) is 0 Å². The summed E-state index contributed by atoms with van der Waals surface area (Å²) >= 11 is 0. The number of rotatable bonds is 6. The number of anilines is 1. The van der Waals surface area contributed by atoms with Crippen LogP contribution in [0.15, 0.2) is 35.5 Å². The Morgan fingerprint density at radius 2 is 2.10 bits per heavy atom. The highest BCUT2D eigenvalue weighted by Crippen LogP contribution is 2.19. The third-order valence-electron chi connectivity index (χ3n) is 2.69. The van der Waals surface area contributed by atoms with Crippen molar-refractivity contribution >= 4 is 15.7 Å². The maximum atomic E-state index is 13.5. The fraction of sp³-hybridized carbons (Fsp3) is 0.250. The first-order valence-electron chi connectivity index (χ1n) is 6.07. The Kier molecular flexibility index (Phi) is 4.53. The van der Waals surface area contributed by atoms with Crippen molar-refractivity contribution in [2.24, 2.45) is 0 Å². The highest BCUT2D eigenvalue weighted by Gasteiger charge is 2.18. The third kappa shape index (κ3) is 3.76. The van der Waals surface area contributed by atoms with Crippen LogP contribution in [0.5, 0.6) is 0 Å². The molecular weight excluding hydrogens is 302 g/mol. The van der Waals surface area contributed by atoms with Crippen LogP contribution in [0.3, 0.4) is 0 Å². The van der Waals surface area contributed by atoms with Crippen LogP contribution in [0, 0.1) is 11.6 Å². The standard InChI is InChI=1S/C12H14F2N4O2S/c1-15-4-5-18-8-10(7-16-18)21(19,20)17-12-3-2-9(13)6-11(12)14/h2-3,6-8,15,17H,4-5H2,1H3. The molecule has 0 spiro atoms. The Balaban J connectivity index is 2.19. The highest BCUT2D eigenvalue weighted by atomic mass is 32.2. The lowest BCUT2D eigenvalue weighted by molar-refractivity contribution is 0.580. The lowest BCUT2D eigenvalue weighted by atomic mass is 10.3. The second-order valence-corrected chi connectivity index (χ2v) is 5.95. The van der Waals surface area contributed by atoms with Crippen LogP contribution >= 0.6 is 0 Å². The number of benzene rings is 1. The fourth-order valence-corrected chi connectivity index (χ4v) is 2.63. The molecule has 0 aliphatic carbocycles. The Hall–Kier alpha value is -2.00. The molecule has 0 radical (unpaired) electrons. The lowest BCUT2D eigenvalue weighted by Gasteiger charge is -2.07. The molecule has 0 saturated heterocycles. The molecule has 1 aromatic heterocycles. The summed E-state index contributed by atoms with van der Waals surface area (Å²) in [5.41, 5.74) is -0.320. The summed E-state index contributed by atoms with van der Waals surface area (Å²) in [5, 5.41) is 6.81. The number of hydrogen-bond donors (Lipinski definition) is 2.